The van der Waals surface area contributed by atoms with Crippen LogP contribution in [0.25, 0.3) is 11.4 Å². The minimum atomic E-state index is -4.73. The van der Waals surface area contributed by atoms with E-state index in [0.29, 0.717) is 13.1 Å². The van der Waals surface area contributed by atoms with E-state index < -0.39 is 33.4 Å². The number of H-pyrrole nitrogens is 2. The van der Waals surface area contributed by atoms with Crippen molar-refractivity contribution in [3.63, 3.8) is 0 Å². The van der Waals surface area contributed by atoms with E-state index >= 15 is 0 Å². The Balaban J connectivity index is 1.65. The summed E-state index contributed by atoms with van der Waals surface area (Å²) in [6.07, 6.45) is -3.23. The lowest BCUT2D eigenvalue weighted by molar-refractivity contribution is -0.137. The molecule has 1 aliphatic heterocycles. The highest BCUT2D eigenvalue weighted by Crippen LogP contribution is 2.34. The molecule has 174 valence electrons. The van der Waals surface area contributed by atoms with E-state index in [1.807, 2.05) is 0 Å². The maximum Gasteiger partial charge on any atom is 0.416 e. The molecular formula is C20H18F3N5O4S. The molecule has 1 amide bonds. The third-order valence-electron chi connectivity index (χ3n) is 5.09. The Morgan fingerprint density at radius 2 is 1.82 bits per heavy atom. The van der Waals surface area contributed by atoms with Crippen LogP contribution in [0.4, 0.5) is 18.9 Å². The average molecular weight is 481 g/mol. The maximum absolute atomic E-state index is 13.4. The highest BCUT2D eigenvalue weighted by Gasteiger charge is 2.32. The summed E-state index contributed by atoms with van der Waals surface area (Å²) in [5.41, 5.74) is -2.10. The number of alkyl halides is 3. The Labute approximate surface area is 185 Å². The fraction of sp³-hybridized carbons (Fsp3) is 0.250. The Morgan fingerprint density at radius 1 is 1.09 bits per heavy atom. The quantitative estimate of drug-likeness (QED) is 0.516. The number of rotatable bonds is 5. The number of benzene rings is 2. The van der Waals surface area contributed by atoms with Crippen molar-refractivity contribution in [3.05, 3.63) is 64.1 Å². The number of halogens is 3. The molecule has 1 saturated heterocycles. The Morgan fingerprint density at radius 3 is 2.45 bits per heavy atom. The molecule has 1 fully saturated rings. The van der Waals surface area contributed by atoms with Gasteiger partial charge in [-0.25, -0.2) is 18.3 Å². The number of carbonyl (C=O) groups excluding carboxylic acids is 1. The highest BCUT2D eigenvalue weighted by molar-refractivity contribution is 7.89. The number of amides is 1. The van der Waals surface area contributed by atoms with Crippen LogP contribution in [0.3, 0.4) is 0 Å². The normalized spacial score (nSPS) is 15.0. The van der Waals surface area contributed by atoms with Gasteiger partial charge in [-0.1, -0.05) is 6.07 Å². The molecule has 9 nitrogen and oxygen atoms in total. The number of carbonyl (C=O) groups is 1. The second-order valence-corrected chi connectivity index (χ2v) is 9.35. The van der Waals surface area contributed by atoms with Crippen LogP contribution in [0.15, 0.2) is 52.2 Å². The largest absolute Gasteiger partial charge is 0.416 e. The van der Waals surface area contributed by atoms with Crippen LogP contribution in [-0.4, -0.2) is 46.9 Å². The first-order valence-corrected chi connectivity index (χ1v) is 11.3. The van der Waals surface area contributed by atoms with E-state index in [1.165, 1.54) is 34.6 Å². The lowest BCUT2D eigenvalue weighted by Crippen LogP contribution is -2.28. The molecule has 4 rings (SSSR count). The van der Waals surface area contributed by atoms with Crippen molar-refractivity contribution in [2.45, 2.75) is 23.9 Å². The molecule has 1 aliphatic rings. The van der Waals surface area contributed by atoms with Crippen molar-refractivity contribution in [3.8, 4) is 11.4 Å². The first kappa shape index (κ1) is 22.7. The van der Waals surface area contributed by atoms with Crippen molar-refractivity contribution in [1.29, 1.82) is 0 Å². The zero-order valence-corrected chi connectivity index (χ0v) is 17.8. The van der Waals surface area contributed by atoms with Crippen LogP contribution < -0.4 is 11.0 Å². The first-order valence-electron chi connectivity index (χ1n) is 9.83. The number of aromatic amines is 2. The Bertz CT molecular complexity index is 1360. The third-order valence-corrected chi connectivity index (χ3v) is 6.99. The monoisotopic (exact) mass is 481 g/mol. The smallest absolute Gasteiger partial charge is 0.322 e. The summed E-state index contributed by atoms with van der Waals surface area (Å²) >= 11 is 0. The van der Waals surface area contributed by atoms with Gasteiger partial charge in [0.05, 0.1) is 10.5 Å². The Hall–Kier alpha value is -3.45. The summed E-state index contributed by atoms with van der Waals surface area (Å²) in [4.78, 5) is 26.2. The van der Waals surface area contributed by atoms with Crippen LogP contribution >= 0.6 is 0 Å². The van der Waals surface area contributed by atoms with Crippen LogP contribution in [0.5, 0.6) is 0 Å². The number of aromatic nitrogens is 3. The molecule has 3 aromatic rings. The van der Waals surface area contributed by atoms with Crippen LogP contribution in [-0.2, 0) is 16.2 Å². The van der Waals surface area contributed by atoms with E-state index in [2.05, 4.69) is 20.5 Å². The molecule has 0 unspecified atom stereocenters. The van der Waals surface area contributed by atoms with Crippen molar-refractivity contribution in [2.24, 2.45) is 0 Å². The zero-order valence-electron chi connectivity index (χ0n) is 16.9. The molecule has 13 heteroatoms. The summed E-state index contributed by atoms with van der Waals surface area (Å²) in [7, 11) is -3.77. The second kappa shape index (κ2) is 8.48. The van der Waals surface area contributed by atoms with Gasteiger partial charge < -0.3 is 5.32 Å². The molecule has 0 saturated carbocycles. The minimum absolute atomic E-state index is 0.0394. The highest BCUT2D eigenvalue weighted by atomic mass is 32.2. The SMILES string of the molecule is O=C(Nc1cc(-c2n[nH]c(=O)[nH]2)cc(C(F)(F)F)c1)c1cccc(S(=O)(=O)N2CCCC2)c1. The topological polar surface area (TPSA) is 128 Å². The average Bonchev–Trinajstić information content (AvgIpc) is 3.45. The molecular weight excluding hydrogens is 463 g/mol. The van der Waals surface area contributed by atoms with Crippen molar-refractivity contribution in [1.82, 2.24) is 19.5 Å². The van der Waals surface area contributed by atoms with Crippen molar-refractivity contribution >= 4 is 21.6 Å². The van der Waals surface area contributed by atoms with E-state index in [4.69, 9.17) is 0 Å². The lowest BCUT2D eigenvalue weighted by atomic mass is 10.1. The lowest BCUT2D eigenvalue weighted by Gasteiger charge is -2.16. The van der Waals surface area contributed by atoms with Gasteiger partial charge in [0, 0.05) is 29.9 Å². The number of hydrogen-bond acceptors (Lipinski definition) is 5. The van der Waals surface area contributed by atoms with Crippen molar-refractivity contribution in [2.75, 3.05) is 18.4 Å². The number of nitrogens with one attached hydrogen (secondary N) is 3. The number of nitrogens with zero attached hydrogens (tertiary/aromatic N) is 2. The van der Waals surface area contributed by atoms with E-state index in [-0.39, 0.29) is 27.5 Å². The molecule has 33 heavy (non-hydrogen) atoms. The molecule has 0 atom stereocenters. The number of anilines is 1. The second-order valence-electron chi connectivity index (χ2n) is 7.42. The van der Waals surface area contributed by atoms with Crippen LogP contribution in [0.1, 0.15) is 28.8 Å². The first-order chi connectivity index (χ1) is 15.5. The van der Waals surface area contributed by atoms with E-state index in [9.17, 15) is 31.2 Å². The van der Waals surface area contributed by atoms with Gasteiger partial charge in [-0.05, 0) is 49.2 Å². The predicted octanol–water partition coefficient (Wildman–Crippen LogP) is 2.82. The van der Waals surface area contributed by atoms with Gasteiger partial charge in [0.25, 0.3) is 5.91 Å². The van der Waals surface area contributed by atoms with Gasteiger partial charge in [0.2, 0.25) is 10.0 Å². The molecule has 0 bridgehead atoms. The summed E-state index contributed by atoms with van der Waals surface area (Å²) < 4.78 is 67.0. The zero-order chi connectivity index (χ0) is 23.8. The minimum Gasteiger partial charge on any atom is -0.322 e. The summed E-state index contributed by atoms with van der Waals surface area (Å²) in [5.74, 6) is -0.936. The van der Waals surface area contributed by atoms with Crippen molar-refractivity contribution < 1.29 is 26.4 Å². The van der Waals surface area contributed by atoms with Gasteiger partial charge >= 0.3 is 11.9 Å². The van der Waals surface area contributed by atoms with Gasteiger partial charge in [0.15, 0.2) is 5.82 Å². The van der Waals surface area contributed by atoms with Crippen LogP contribution in [0, 0.1) is 0 Å². The van der Waals surface area contributed by atoms with E-state index in [0.717, 1.165) is 25.0 Å². The molecule has 0 spiro atoms. The molecule has 3 N–H and O–H groups in total. The third kappa shape index (κ3) is 4.83. The number of sulfonamides is 1. The van der Waals surface area contributed by atoms with Gasteiger partial charge in [-0.15, -0.1) is 0 Å². The van der Waals surface area contributed by atoms with Gasteiger partial charge in [-0.2, -0.15) is 22.6 Å². The molecule has 0 radical (unpaired) electrons. The standard InChI is InChI=1S/C20H18F3N5O4S/c21-20(22,23)14-8-13(17-25-19(30)27-26-17)9-15(11-14)24-18(29)12-4-3-5-16(10-12)33(31,32)28-6-1-2-7-28/h3-5,8-11H,1-2,6-7H2,(H,24,29)(H2,25,26,27,30). The summed E-state index contributed by atoms with van der Waals surface area (Å²) in [6, 6.07) is 8.03. The van der Waals surface area contributed by atoms with Gasteiger partial charge in [0.1, 0.15) is 0 Å². The summed E-state index contributed by atoms with van der Waals surface area (Å²) in [5, 5.41) is 8.04. The van der Waals surface area contributed by atoms with Gasteiger partial charge in [-0.3, -0.25) is 9.78 Å². The molecule has 1 aromatic heterocycles. The Kier molecular flexibility index (Phi) is 5.84. The fourth-order valence-electron chi connectivity index (χ4n) is 3.49. The maximum atomic E-state index is 13.4. The molecule has 2 aromatic carbocycles. The van der Waals surface area contributed by atoms with E-state index in [1.54, 1.807) is 0 Å². The molecule has 0 aliphatic carbocycles. The predicted molar refractivity (Wildman–Crippen MR) is 112 cm³/mol. The number of hydrogen-bond donors (Lipinski definition) is 3. The molecule has 2 heterocycles. The summed E-state index contributed by atoms with van der Waals surface area (Å²) in [6.45, 7) is 0.780. The van der Waals surface area contributed by atoms with Crippen LogP contribution in [0.2, 0.25) is 0 Å². The fourth-order valence-corrected chi connectivity index (χ4v) is 5.05.